The van der Waals surface area contributed by atoms with E-state index in [1.807, 2.05) is 6.07 Å². The minimum Gasteiger partial charge on any atom is -0.356 e. The predicted molar refractivity (Wildman–Crippen MR) is 187 cm³/mol. The number of nitrogens with zero attached hydrogens (tertiary/aromatic N) is 1. The number of nitrogens with one attached hydrogen (secondary N) is 1. The number of benzene rings is 7. The van der Waals surface area contributed by atoms with E-state index in [-0.39, 0.29) is 0 Å². The molecule has 0 aliphatic rings. The first-order chi connectivity index (χ1) is 21.8. The lowest BCUT2D eigenvalue weighted by atomic mass is 9.98. The lowest BCUT2D eigenvalue weighted by Crippen LogP contribution is -1.94. The SMILES string of the molecule is c1ccc(-c2ccc(Nc3cccc(-c4cccc(-c5cccc(-n6c7ccccc7c7ccccc76)c5)c4)c3)cc2)cc1. The second kappa shape index (κ2) is 11.1. The van der Waals surface area contributed by atoms with Gasteiger partial charge in [0.15, 0.2) is 0 Å². The van der Waals surface area contributed by atoms with Crippen LogP contribution in [0.3, 0.4) is 0 Å². The van der Waals surface area contributed by atoms with Gasteiger partial charge in [0, 0.05) is 27.8 Å². The fourth-order valence-electron chi connectivity index (χ4n) is 6.22. The molecule has 0 unspecified atom stereocenters. The summed E-state index contributed by atoms with van der Waals surface area (Å²) in [5.41, 5.74) is 12.9. The van der Waals surface area contributed by atoms with Crippen molar-refractivity contribution in [3.05, 3.63) is 176 Å². The second-order valence-corrected chi connectivity index (χ2v) is 11.2. The van der Waals surface area contributed by atoms with Crippen LogP contribution in [0, 0.1) is 0 Å². The molecule has 8 rings (SSSR count). The molecule has 0 aliphatic heterocycles. The van der Waals surface area contributed by atoms with Gasteiger partial charge in [-0.2, -0.15) is 0 Å². The van der Waals surface area contributed by atoms with E-state index in [4.69, 9.17) is 0 Å². The first-order valence-electron chi connectivity index (χ1n) is 15.0. The van der Waals surface area contributed by atoms with Crippen molar-refractivity contribution >= 4 is 33.2 Å². The van der Waals surface area contributed by atoms with E-state index in [1.54, 1.807) is 0 Å². The highest BCUT2D eigenvalue weighted by Crippen LogP contribution is 2.34. The highest BCUT2D eigenvalue weighted by Gasteiger charge is 2.12. The van der Waals surface area contributed by atoms with Crippen LogP contribution >= 0.6 is 0 Å². The standard InChI is InChI=1S/C42H30N2/c1-2-11-30(12-3-1)31-23-25-36(26-24-31)43-37-17-9-15-34(28-37)32-13-8-14-33(27-32)35-16-10-18-38(29-35)44-41-21-6-4-19-39(41)40-20-5-7-22-42(40)44/h1-29,43H. The van der Waals surface area contributed by atoms with E-state index in [2.05, 4.69) is 180 Å². The van der Waals surface area contributed by atoms with Gasteiger partial charge >= 0.3 is 0 Å². The first kappa shape index (κ1) is 25.8. The van der Waals surface area contributed by atoms with Gasteiger partial charge in [-0.25, -0.2) is 0 Å². The van der Waals surface area contributed by atoms with E-state index in [0.717, 1.165) is 17.1 Å². The molecule has 0 atom stereocenters. The van der Waals surface area contributed by atoms with Gasteiger partial charge < -0.3 is 9.88 Å². The Balaban J connectivity index is 1.10. The van der Waals surface area contributed by atoms with Crippen LogP contribution in [0.1, 0.15) is 0 Å². The van der Waals surface area contributed by atoms with Gasteiger partial charge in [-0.1, -0.05) is 121 Å². The molecule has 208 valence electrons. The average Bonchev–Trinajstić information content (AvgIpc) is 3.44. The van der Waals surface area contributed by atoms with E-state index in [1.165, 1.54) is 55.2 Å². The summed E-state index contributed by atoms with van der Waals surface area (Å²) in [6, 6.07) is 62.7. The highest BCUT2D eigenvalue weighted by atomic mass is 15.0. The van der Waals surface area contributed by atoms with Crippen molar-refractivity contribution in [2.75, 3.05) is 5.32 Å². The van der Waals surface area contributed by atoms with Gasteiger partial charge in [-0.05, 0) is 88.0 Å². The van der Waals surface area contributed by atoms with Crippen LogP contribution in [0.15, 0.2) is 176 Å². The number of hydrogen-bond acceptors (Lipinski definition) is 1. The van der Waals surface area contributed by atoms with Gasteiger partial charge in [-0.15, -0.1) is 0 Å². The van der Waals surface area contributed by atoms with E-state index < -0.39 is 0 Å². The van der Waals surface area contributed by atoms with Crippen LogP contribution in [0.2, 0.25) is 0 Å². The predicted octanol–water partition coefficient (Wildman–Crippen LogP) is 11.5. The molecule has 2 nitrogen and oxygen atoms in total. The van der Waals surface area contributed by atoms with Gasteiger partial charge in [0.1, 0.15) is 0 Å². The Kier molecular flexibility index (Phi) is 6.51. The molecule has 8 aromatic rings. The minimum absolute atomic E-state index is 1.06. The molecule has 0 saturated carbocycles. The van der Waals surface area contributed by atoms with Gasteiger partial charge in [0.05, 0.1) is 11.0 Å². The molecular weight excluding hydrogens is 532 g/mol. The van der Waals surface area contributed by atoms with Crippen LogP contribution in [-0.2, 0) is 0 Å². The smallest absolute Gasteiger partial charge is 0.0541 e. The normalized spacial score (nSPS) is 11.2. The minimum atomic E-state index is 1.06. The molecule has 0 spiro atoms. The number of hydrogen-bond donors (Lipinski definition) is 1. The van der Waals surface area contributed by atoms with Gasteiger partial charge in [0.2, 0.25) is 0 Å². The van der Waals surface area contributed by atoms with Crippen LogP contribution in [0.25, 0.3) is 60.9 Å². The molecule has 44 heavy (non-hydrogen) atoms. The molecule has 0 saturated heterocycles. The Bertz CT molecular complexity index is 2190. The zero-order valence-corrected chi connectivity index (χ0v) is 24.2. The van der Waals surface area contributed by atoms with Crippen molar-refractivity contribution < 1.29 is 0 Å². The first-order valence-corrected chi connectivity index (χ1v) is 15.0. The molecule has 1 aromatic heterocycles. The summed E-state index contributed by atoms with van der Waals surface area (Å²) in [6.07, 6.45) is 0. The van der Waals surface area contributed by atoms with E-state index in [0.29, 0.717) is 0 Å². The number of para-hydroxylation sites is 2. The summed E-state index contributed by atoms with van der Waals surface area (Å²) in [5.74, 6) is 0. The van der Waals surface area contributed by atoms with Crippen molar-refractivity contribution in [3.8, 4) is 39.1 Å². The lowest BCUT2D eigenvalue weighted by Gasteiger charge is -2.12. The van der Waals surface area contributed by atoms with Crippen LogP contribution in [-0.4, -0.2) is 4.57 Å². The molecule has 1 N–H and O–H groups in total. The molecule has 1 heterocycles. The summed E-state index contributed by atoms with van der Waals surface area (Å²) in [4.78, 5) is 0. The Hall–Kier alpha value is -5.86. The van der Waals surface area contributed by atoms with Crippen LogP contribution in [0.4, 0.5) is 11.4 Å². The maximum atomic E-state index is 3.59. The number of rotatable bonds is 6. The fourth-order valence-corrected chi connectivity index (χ4v) is 6.22. The molecule has 7 aromatic carbocycles. The Labute approximate surface area is 257 Å². The molecule has 0 radical (unpaired) electrons. The summed E-state index contributed by atoms with van der Waals surface area (Å²) in [6.45, 7) is 0. The third kappa shape index (κ3) is 4.83. The highest BCUT2D eigenvalue weighted by molar-refractivity contribution is 6.09. The largest absolute Gasteiger partial charge is 0.356 e. The Morgan fingerprint density at radius 1 is 0.318 bits per heavy atom. The Morgan fingerprint density at radius 2 is 0.818 bits per heavy atom. The van der Waals surface area contributed by atoms with Crippen LogP contribution < -0.4 is 5.32 Å². The van der Waals surface area contributed by atoms with Crippen molar-refractivity contribution in [2.24, 2.45) is 0 Å². The quantitative estimate of drug-likeness (QED) is 0.213. The molecule has 0 fully saturated rings. The zero-order valence-electron chi connectivity index (χ0n) is 24.2. The Morgan fingerprint density at radius 3 is 1.50 bits per heavy atom. The fraction of sp³-hybridized carbons (Fsp3) is 0. The maximum Gasteiger partial charge on any atom is 0.0541 e. The van der Waals surface area contributed by atoms with Crippen molar-refractivity contribution in [1.29, 1.82) is 0 Å². The summed E-state index contributed by atoms with van der Waals surface area (Å²) in [7, 11) is 0. The number of aromatic nitrogens is 1. The van der Waals surface area contributed by atoms with Crippen molar-refractivity contribution in [3.63, 3.8) is 0 Å². The molecule has 0 amide bonds. The second-order valence-electron chi connectivity index (χ2n) is 11.2. The van der Waals surface area contributed by atoms with Crippen molar-refractivity contribution in [2.45, 2.75) is 0 Å². The van der Waals surface area contributed by atoms with E-state index >= 15 is 0 Å². The number of fused-ring (bicyclic) bond motifs is 3. The summed E-state index contributed by atoms with van der Waals surface area (Å²) in [5, 5.41) is 6.14. The number of anilines is 2. The molecular formula is C42H30N2. The summed E-state index contributed by atoms with van der Waals surface area (Å²) < 4.78 is 2.37. The lowest BCUT2D eigenvalue weighted by molar-refractivity contribution is 1.18. The monoisotopic (exact) mass is 562 g/mol. The van der Waals surface area contributed by atoms with Gasteiger partial charge in [0.25, 0.3) is 0 Å². The molecule has 0 aliphatic carbocycles. The average molecular weight is 563 g/mol. The van der Waals surface area contributed by atoms with E-state index in [9.17, 15) is 0 Å². The van der Waals surface area contributed by atoms with Crippen LogP contribution in [0.5, 0.6) is 0 Å². The molecule has 0 bridgehead atoms. The third-order valence-electron chi connectivity index (χ3n) is 8.36. The zero-order chi connectivity index (χ0) is 29.3. The van der Waals surface area contributed by atoms with Gasteiger partial charge in [-0.3, -0.25) is 0 Å². The molecule has 2 heteroatoms. The topological polar surface area (TPSA) is 17.0 Å². The van der Waals surface area contributed by atoms with Crippen molar-refractivity contribution in [1.82, 2.24) is 4.57 Å². The maximum absolute atomic E-state index is 3.59. The summed E-state index contributed by atoms with van der Waals surface area (Å²) >= 11 is 0. The third-order valence-corrected chi connectivity index (χ3v) is 8.36.